The van der Waals surface area contributed by atoms with E-state index in [9.17, 15) is 9.59 Å². The van der Waals surface area contributed by atoms with Crippen LogP contribution in [0.2, 0.25) is 0 Å². The van der Waals surface area contributed by atoms with Crippen molar-refractivity contribution in [1.29, 1.82) is 0 Å². The molecule has 6 nitrogen and oxygen atoms in total. The molecule has 0 saturated carbocycles. The monoisotopic (exact) mass is 364 g/mol. The second-order valence-electron chi connectivity index (χ2n) is 7.21. The van der Waals surface area contributed by atoms with E-state index in [0.717, 1.165) is 45.7 Å². The lowest BCUT2D eigenvalue weighted by molar-refractivity contribution is -0.134. The number of piperazine rings is 1. The molecule has 138 valence electrons. The fourth-order valence-electron chi connectivity index (χ4n) is 3.43. The Morgan fingerprint density at radius 1 is 1.12 bits per heavy atom. The standard InChI is InChI=1S/C18H28N4O2S/c1-14(2)19-17(23)12-20-6-8-21(9-7-20)13-18(24)22-5-3-16-15(11-22)4-10-25-16/h4,10,14H,3,5-9,11-13H2,1-2H3,(H,19,23). The molecule has 0 radical (unpaired) electrons. The number of carbonyl (C=O) groups excluding carboxylic acids is 2. The first-order chi connectivity index (χ1) is 12.0. The van der Waals surface area contributed by atoms with Crippen LogP contribution in [0, 0.1) is 0 Å². The highest BCUT2D eigenvalue weighted by molar-refractivity contribution is 7.10. The van der Waals surface area contributed by atoms with Crippen LogP contribution in [0.1, 0.15) is 24.3 Å². The van der Waals surface area contributed by atoms with Crippen LogP contribution in [-0.2, 0) is 22.6 Å². The molecule has 3 heterocycles. The van der Waals surface area contributed by atoms with Crippen molar-refractivity contribution in [3.63, 3.8) is 0 Å². The van der Waals surface area contributed by atoms with E-state index >= 15 is 0 Å². The average Bonchev–Trinajstić information content (AvgIpc) is 3.03. The van der Waals surface area contributed by atoms with E-state index in [1.165, 1.54) is 10.4 Å². The molecule has 1 aromatic rings. The first kappa shape index (κ1) is 18.4. The number of nitrogens with one attached hydrogen (secondary N) is 1. The molecule has 3 rings (SSSR count). The maximum Gasteiger partial charge on any atom is 0.237 e. The van der Waals surface area contributed by atoms with Gasteiger partial charge in [-0.3, -0.25) is 19.4 Å². The van der Waals surface area contributed by atoms with Gasteiger partial charge in [0.05, 0.1) is 13.1 Å². The Labute approximate surface area is 153 Å². The van der Waals surface area contributed by atoms with Gasteiger partial charge in [-0.05, 0) is 37.3 Å². The number of hydrogen-bond donors (Lipinski definition) is 1. The topological polar surface area (TPSA) is 55.9 Å². The minimum absolute atomic E-state index is 0.0828. The predicted octanol–water partition coefficient (Wildman–Crippen LogP) is 0.775. The molecule has 25 heavy (non-hydrogen) atoms. The lowest BCUT2D eigenvalue weighted by Gasteiger charge is -2.35. The Kier molecular flexibility index (Phi) is 6.09. The predicted molar refractivity (Wildman–Crippen MR) is 99.6 cm³/mol. The number of amides is 2. The fraction of sp³-hybridized carbons (Fsp3) is 0.667. The number of hydrogen-bond acceptors (Lipinski definition) is 5. The van der Waals surface area contributed by atoms with Crippen LogP contribution in [-0.4, -0.2) is 78.4 Å². The van der Waals surface area contributed by atoms with Gasteiger partial charge >= 0.3 is 0 Å². The summed E-state index contributed by atoms with van der Waals surface area (Å²) in [5.41, 5.74) is 1.31. The molecule has 0 unspecified atom stereocenters. The molecule has 2 aliphatic heterocycles. The molecule has 0 atom stereocenters. The number of nitrogens with zero attached hydrogens (tertiary/aromatic N) is 3. The summed E-state index contributed by atoms with van der Waals surface area (Å²) in [4.78, 5) is 32.2. The summed E-state index contributed by atoms with van der Waals surface area (Å²) in [6, 6.07) is 2.32. The molecular weight excluding hydrogens is 336 g/mol. The quantitative estimate of drug-likeness (QED) is 0.839. The zero-order valence-corrected chi connectivity index (χ0v) is 16.0. The highest BCUT2D eigenvalue weighted by Crippen LogP contribution is 2.24. The summed E-state index contributed by atoms with van der Waals surface area (Å²) >= 11 is 1.80. The van der Waals surface area contributed by atoms with Crippen molar-refractivity contribution < 1.29 is 9.59 Å². The van der Waals surface area contributed by atoms with Gasteiger partial charge in [-0.2, -0.15) is 0 Å². The minimum atomic E-state index is 0.0828. The largest absolute Gasteiger partial charge is 0.353 e. The Morgan fingerprint density at radius 2 is 1.80 bits per heavy atom. The van der Waals surface area contributed by atoms with Gasteiger partial charge in [0.2, 0.25) is 11.8 Å². The summed E-state index contributed by atoms with van der Waals surface area (Å²) in [6.45, 7) is 9.85. The molecule has 2 amide bonds. The SMILES string of the molecule is CC(C)NC(=O)CN1CCN(CC(=O)N2CCc3sccc3C2)CC1. The molecule has 0 aliphatic carbocycles. The maximum atomic E-state index is 12.6. The van der Waals surface area contributed by atoms with Crippen molar-refractivity contribution in [2.24, 2.45) is 0 Å². The van der Waals surface area contributed by atoms with E-state index in [1.807, 2.05) is 18.7 Å². The third kappa shape index (κ3) is 5.03. The number of carbonyl (C=O) groups is 2. The molecule has 0 bridgehead atoms. The maximum absolute atomic E-state index is 12.6. The molecule has 1 fully saturated rings. The Hall–Kier alpha value is -1.44. The second-order valence-corrected chi connectivity index (χ2v) is 8.21. The van der Waals surface area contributed by atoms with Crippen molar-refractivity contribution >= 4 is 23.2 Å². The van der Waals surface area contributed by atoms with E-state index < -0.39 is 0 Å². The third-order valence-electron chi connectivity index (χ3n) is 4.80. The van der Waals surface area contributed by atoms with Gasteiger partial charge in [-0.1, -0.05) is 0 Å². The van der Waals surface area contributed by atoms with E-state index in [1.54, 1.807) is 11.3 Å². The van der Waals surface area contributed by atoms with Crippen LogP contribution in [0.3, 0.4) is 0 Å². The van der Waals surface area contributed by atoms with Gasteiger partial charge in [-0.25, -0.2) is 0 Å². The molecule has 0 spiro atoms. The van der Waals surface area contributed by atoms with Crippen LogP contribution in [0.5, 0.6) is 0 Å². The van der Waals surface area contributed by atoms with Crippen LogP contribution >= 0.6 is 11.3 Å². The Morgan fingerprint density at radius 3 is 2.48 bits per heavy atom. The van der Waals surface area contributed by atoms with Gasteiger partial charge in [0.1, 0.15) is 0 Å². The van der Waals surface area contributed by atoms with Crippen LogP contribution in [0.15, 0.2) is 11.4 Å². The summed E-state index contributed by atoms with van der Waals surface area (Å²) in [5.74, 6) is 0.308. The zero-order chi connectivity index (χ0) is 17.8. The summed E-state index contributed by atoms with van der Waals surface area (Å²) < 4.78 is 0. The first-order valence-electron chi connectivity index (χ1n) is 9.08. The van der Waals surface area contributed by atoms with Crippen molar-refractivity contribution in [3.8, 4) is 0 Å². The zero-order valence-electron chi connectivity index (χ0n) is 15.2. The lowest BCUT2D eigenvalue weighted by Crippen LogP contribution is -2.52. The molecule has 1 N–H and O–H groups in total. The normalized spacial score (nSPS) is 19.1. The highest BCUT2D eigenvalue weighted by atomic mass is 32.1. The number of rotatable bonds is 5. The van der Waals surface area contributed by atoms with Crippen molar-refractivity contribution in [2.75, 3.05) is 45.8 Å². The van der Waals surface area contributed by atoms with Crippen LogP contribution in [0.25, 0.3) is 0 Å². The average molecular weight is 365 g/mol. The summed E-state index contributed by atoms with van der Waals surface area (Å²) in [6.07, 6.45) is 0.984. The van der Waals surface area contributed by atoms with Crippen molar-refractivity contribution in [2.45, 2.75) is 32.9 Å². The van der Waals surface area contributed by atoms with Gasteiger partial charge in [-0.15, -0.1) is 11.3 Å². The molecule has 1 saturated heterocycles. The Balaban J connectivity index is 1.40. The lowest BCUT2D eigenvalue weighted by atomic mass is 10.1. The fourth-order valence-corrected chi connectivity index (χ4v) is 4.32. The van der Waals surface area contributed by atoms with E-state index in [-0.39, 0.29) is 17.9 Å². The van der Waals surface area contributed by atoms with Gasteiger partial charge in [0, 0.05) is 50.2 Å². The van der Waals surface area contributed by atoms with E-state index in [0.29, 0.717) is 13.1 Å². The highest BCUT2D eigenvalue weighted by Gasteiger charge is 2.25. The molecule has 2 aliphatic rings. The molecule has 1 aromatic heterocycles. The summed E-state index contributed by atoms with van der Waals surface area (Å²) in [5, 5.41) is 5.05. The van der Waals surface area contributed by atoms with E-state index in [4.69, 9.17) is 0 Å². The van der Waals surface area contributed by atoms with Crippen LogP contribution in [0.4, 0.5) is 0 Å². The first-order valence-corrected chi connectivity index (χ1v) is 9.96. The minimum Gasteiger partial charge on any atom is -0.353 e. The van der Waals surface area contributed by atoms with Gasteiger partial charge in [0.15, 0.2) is 0 Å². The van der Waals surface area contributed by atoms with E-state index in [2.05, 4.69) is 26.6 Å². The van der Waals surface area contributed by atoms with Gasteiger partial charge < -0.3 is 10.2 Å². The number of fused-ring (bicyclic) bond motifs is 1. The third-order valence-corrected chi connectivity index (χ3v) is 5.82. The smallest absolute Gasteiger partial charge is 0.237 e. The summed E-state index contributed by atoms with van der Waals surface area (Å²) in [7, 11) is 0. The van der Waals surface area contributed by atoms with Crippen molar-refractivity contribution in [1.82, 2.24) is 20.0 Å². The van der Waals surface area contributed by atoms with Gasteiger partial charge in [0.25, 0.3) is 0 Å². The molecule has 0 aromatic carbocycles. The molecular formula is C18H28N4O2S. The van der Waals surface area contributed by atoms with Crippen molar-refractivity contribution in [3.05, 3.63) is 21.9 Å². The molecule has 7 heteroatoms. The number of thiophene rings is 1. The second kappa shape index (κ2) is 8.29. The Bertz CT molecular complexity index is 608. The van der Waals surface area contributed by atoms with Crippen LogP contribution < -0.4 is 5.32 Å².